The highest BCUT2D eigenvalue weighted by Gasteiger charge is 2.26. The van der Waals surface area contributed by atoms with Crippen molar-refractivity contribution in [3.63, 3.8) is 0 Å². The van der Waals surface area contributed by atoms with E-state index >= 15 is 0 Å². The van der Waals surface area contributed by atoms with E-state index in [0.29, 0.717) is 0 Å². The minimum atomic E-state index is 0.236. The van der Waals surface area contributed by atoms with Crippen molar-refractivity contribution in [1.82, 2.24) is 9.55 Å². The van der Waals surface area contributed by atoms with Gasteiger partial charge in [-0.2, -0.15) is 0 Å². The van der Waals surface area contributed by atoms with E-state index in [2.05, 4.69) is 154 Å². The van der Waals surface area contributed by atoms with E-state index in [1.165, 1.54) is 38.4 Å². The van der Waals surface area contributed by atoms with Gasteiger partial charge < -0.3 is 8.83 Å². The fourth-order valence-electron chi connectivity index (χ4n) is 7.99. The Labute approximate surface area is 295 Å². The van der Waals surface area contributed by atoms with Gasteiger partial charge in [0.05, 0.1) is 22.3 Å². The molecule has 0 radical (unpaired) electrons. The second-order valence-electron chi connectivity index (χ2n) is 14.4. The Morgan fingerprint density at radius 3 is 2.04 bits per heavy atom. The van der Waals surface area contributed by atoms with Crippen LogP contribution in [0.25, 0.3) is 93.9 Å². The number of aromatic nitrogens is 2. The molecule has 4 nitrogen and oxygen atoms in total. The van der Waals surface area contributed by atoms with Crippen LogP contribution >= 0.6 is 0 Å². The van der Waals surface area contributed by atoms with Crippen LogP contribution in [0, 0.1) is 0 Å². The molecule has 0 spiro atoms. The molecule has 0 aliphatic carbocycles. The summed E-state index contributed by atoms with van der Waals surface area (Å²) >= 11 is 0. The molecular weight excluding hydrogens is 625 g/mol. The van der Waals surface area contributed by atoms with Crippen molar-refractivity contribution in [3.8, 4) is 28.4 Å². The number of fused-ring (bicyclic) bond motifs is 8. The van der Waals surface area contributed by atoms with E-state index < -0.39 is 0 Å². The maximum absolute atomic E-state index is 6.88. The van der Waals surface area contributed by atoms with Crippen LogP contribution in [0.15, 0.2) is 142 Å². The third-order valence-corrected chi connectivity index (χ3v) is 10.5. The molecule has 0 bridgehead atoms. The Hall–Kier alpha value is -6.13. The number of para-hydroxylation sites is 4. The molecule has 0 amide bonds. The average Bonchev–Trinajstić information content (AvgIpc) is 3.86. The van der Waals surface area contributed by atoms with Crippen LogP contribution in [0.5, 0.6) is 0 Å². The van der Waals surface area contributed by atoms with Crippen molar-refractivity contribution in [3.05, 3.63) is 145 Å². The summed E-state index contributed by atoms with van der Waals surface area (Å²) in [6.07, 6.45) is 0. The first-order valence-corrected chi connectivity index (χ1v) is 17.8. The molecule has 0 unspecified atom stereocenters. The lowest BCUT2D eigenvalue weighted by atomic mass is 9.89. The van der Waals surface area contributed by atoms with Crippen LogP contribution in [-0.2, 0) is 0 Å². The van der Waals surface area contributed by atoms with Crippen molar-refractivity contribution in [2.45, 2.75) is 39.5 Å². The van der Waals surface area contributed by atoms with Gasteiger partial charge in [-0.3, -0.25) is 4.57 Å². The Bertz CT molecular complexity index is 2930. The van der Waals surface area contributed by atoms with E-state index in [9.17, 15) is 0 Å². The molecule has 10 rings (SSSR count). The van der Waals surface area contributed by atoms with E-state index in [-0.39, 0.29) is 11.8 Å². The summed E-state index contributed by atoms with van der Waals surface area (Å²) in [5, 5.41) is 8.16. The third-order valence-electron chi connectivity index (χ3n) is 10.5. The van der Waals surface area contributed by atoms with Gasteiger partial charge >= 0.3 is 0 Å². The van der Waals surface area contributed by atoms with Gasteiger partial charge in [-0.05, 0) is 99.1 Å². The van der Waals surface area contributed by atoms with Crippen molar-refractivity contribution in [2.75, 3.05) is 0 Å². The molecular formula is C47H36N2O2. The normalized spacial score (nSPS) is 12.3. The third kappa shape index (κ3) is 4.56. The van der Waals surface area contributed by atoms with Crippen LogP contribution in [0.2, 0.25) is 0 Å². The summed E-state index contributed by atoms with van der Waals surface area (Å²) in [6, 6.07) is 47.4. The summed E-state index contributed by atoms with van der Waals surface area (Å²) in [5.41, 5.74) is 10.4. The number of nitrogens with zero attached hydrogens (tertiary/aromatic N) is 2. The lowest BCUT2D eigenvalue weighted by Gasteiger charge is -2.24. The summed E-state index contributed by atoms with van der Waals surface area (Å²) in [7, 11) is 0. The molecule has 0 saturated carbocycles. The number of furan rings is 2. The second-order valence-corrected chi connectivity index (χ2v) is 14.4. The van der Waals surface area contributed by atoms with Crippen LogP contribution in [-0.4, -0.2) is 9.55 Å². The molecule has 0 aliphatic heterocycles. The lowest BCUT2D eigenvalue weighted by molar-refractivity contribution is 0.631. The van der Waals surface area contributed by atoms with Gasteiger partial charge in [-0.25, -0.2) is 4.98 Å². The maximum Gasteiger partial charge on any atom is 0.149 e. The molecule has 0 N–H and O–H groups in total. The number of benzene rings is 7. The van der Waals surface area contributed by atoms with Crippen molar-refractivity contribution < 1.29 is 8.83 Å². The first kappa shape index (κ1) is 29.8. The number of imidazole rings is 1. The topological polar surface area (TPSA) is 44.1 Å². The molecule has 10 aromatic rings. The average molecular weight is 661 g/mol. The van der Waals surface area contributed by atoms with Gasteiger partial charge in [0.2, 0.25) is 0 Å². The van der Waals surface area contributed by atoms with E-state index in [1.54, 1.807) is 0 Å². The molecule has 246 valence electrons. The van der Waals surface area contributed by atoms with Crippen LogP contribution in [0.4, 0.5) is 0 Å². The molecule has 0 atom stereocenters. The summed E-state index contributed by atoms with van der Waals surface area (Å²) < 4.78 is 15.7. The predicted molar refractivity (Wildman–Crippen MR) is 212 cm³/mol. The zero-order chi connectivity index (χ0) is 34.4. The first-order chi connectivity index (χ1) is 24.9. The van der Waals surface area contributed by atoms with Crippen LogP contribution in [0.1, 0.15) is 50.7 Å². The van der Waals surface area contributed by atoms with Crippen molar-refractivity contribution in [1.29, 1.82) is 0 Å². The van der Waals surface area contributed by atoms with Crippen LogP contribution < -0.4 is 0 Å². The van der Waals surface area contributed by atoms with Crippen LogP contribution in [0.3, 0.4) is 0 Å². The lowest BCUT2D eigenvalue weighted by Crippen LogP contribution is -2.09. The van der Waals surface area contributed by atoms with Crippen molar-refractivity contribution >= 4 is 65.5 Å². The summed E-state index contributed by atoms with van der Waals surface area (Å²) in [4.78, 5) is 5.37. The molecule has 0 aliphatic rings. The fraction of sp³-hybridized carbons (Fsp3) is 0.128. The zero-order valence-corrected chi connectivity index (χ0v) is 29.1. The number of rotatable bonds is 5. The predicted octanol–water partition coefficient (Wildman–Crippen LogP) is 13.6. The number of hydrogen-bond acceptors (Lipinski definition) is 3. The highest BCUT2D eigenvalue weighted by molar-refractivity contribution is 6.17. The molecule has 51 heavy (non-hydrogen) atoms. The standard InChI is InChI=1S/C47H36N2O2/c1-27(2)36-23-32(43-25-31-13-6-10-19-42(31)50-43)24-37(28(3)4)45(36)49-41-18-9-8-17-40(41)48-47(49)35-16-11-15-34-39-22-30-21-20-29-12-5-7-14-33(29)38(30)26-44(39)51-46(34)35/h5-28H,1-4H3. The molecule has 7 aromatic carbocycles. The van der Waals surface area contributed by atoms with Gasteiger partial charge in [0.1, 0.15) is 28.3 Å². The summed E-state index contributed by atoms with van der Waals surface area (Å²) in [6.45, 7) is 9.11. The second kappa shape index (κ2) is 11.2. The Morgan fingerprint density at radius 1 is 0.529 bits per heavy atom. The molecule has 0 saturated heterocycles. The van der Waals surface area contributed by atoms with Gasteiger partial charge in [0.25, 0.3) is 0 Å². The highest BCUT2D eigenvalue weighted by Crippen LogP contribution is 2.44. The maximum atomic E-state index is 6.88. The largest absolute Gasteiger partial charge is 0.456 e. The molecule has 3 aromatic heterocycles. The molecule has 4 heteroatoms. The SMILES string of the molecule is CC(C)c1cc(-c2cc3ccccc3o2)cc(C(C)C)c1-n1c(-c2cccc3c2oc2cc4c(ccc5ccccc54)cc23)nc2ccccc21. The molecule has 3 heterocycles. The zero-order valence-electron chi connectivity index (χ0n) is 29.1. The number of hydrogen-bond donors (Lipinski definition) is 0. The molecule has 0 fully saturated rings. The van der Waals surface area contributed by atoms with Gasteiger partial charge in [-0.1, -0.05) is 107 Å². The van der Waals surface area contributed by atoms with E-state index in [4.69, 9.17) is 13.8 Å². The summed E-state index contributed by atoms with van der Waals surface area (Å²) in [5.74, 6) is 2.23. The van der Waals surface area contributed by atoms with Crippen molar-refractivity contribution in [2.24, 2.45) is 0 Å². The van der Waals surface area contributed by atoms with Gasteiger partial charge in [-0.15, -0.1) is 0 Å². The smallest absolute Gasteiger partial charge is 0.149 e. The first-order valence-electron chi connectivity index (χ1n) is 17.8. The van der Waals surface area contributed by atoms with Gasteiger partial charge in [0.15, 0.2) is 0 Å². The minimum Gasteiger partial charge on any atom is -0.456 e. The monoisotopic (exact) mass is 660 g/mol. The quantitative estimate of drug-likeness (QED) is 0.173. The highest BCUT2D eigenvalue weighted by atomic mass is 16.3. The van der Waals surface area contributed by atoms with E-state index in [1.807, 2.05) is 12.1 Å². The van der Waals surface area contributed by atoms with E-state index in [0.717, 1.165) is 66.7 Å². The fourth-order valence-corrected chi connectivity index (χ4v) is 7.99. The minimum absolute atomic E-state index is 0.236. The van der Waals surface area contributed by atoms with Gasteiger partial charge in [0, 0.05) is 21.7 Å². The Balaban J connectivity index is 1.25. The Kier molecular flexibility index (Phi) is 6.53. The Morgan fingerprint density at radius 2 is 1.24 bits per heavy atom.